The van der Waals surface area contributed by atoms with Crippen LogP contribution < -0.4 is 14.2 Å². The number of benzene rings is 2. The lowest BCUT2D eigenvalue weighted by atomic mass is 9.89. The highest BCUT2D eigenvalue weighted by atomic mass is 16.7. The van der Waals surface area contributed by atoms with Gasteiger partial charge in [-0.1, -0.05) is 30.3 Å². The summed E-state index contributed by atoms with van der Waals surface area (Å²) in [5, 5.41) is 9.67. The minimum absolute atomic E-state index is 0.0197. The summed E-state index contributed by atoms with van der Waals surface area (Å²) >= 11 is 0. The molecule has 0 aliphatic carbocycles. The van der Waals surface area contributed by atoms with Crippen molar-refractivity contribution in [3.8, 4) is 17.2 Å². The van der Waals surface area contributed by atoms with E-state index in [9.17, 15) is 9.90 Å². The smallest absolute Gasteiger partial charge is 0.308 e. The fourth-order valence-corrected chi connectivity index (χ4v) is 3.82. The van der Waals surface area contributed by atoms with Gasteiger partial charge in [0.1, 0.15) is 5.75 Å². The van der Waals surface area contributed by atoms with Gasteiger partial charge in [0, 0.05) is 37.2 Å². The van der Waals surface area contributed by atoms with Gasteiger partial charge in [-0.3, -0.25) is 9.69 Å². The second-order valence-corrected chi connectivity index (χ2v) is 6.67. The van der Waals surface area contributed by atoms with Crippen LogP contribution in [-0.4, -0.2) is 43.0 Å². The van der Waals surface area contributed by atoms with Gasteiger partial charge in [-0.2, -0.15) is 0 Å². The first-order chi connectivity index (χ1) is 12.7. The summed E-state index contributed by atoms with van der Waals surface area (Å²) in [6.07, 6.45) is 0. The Bertz CT molecular complexity index is 807. The Kier molecular flexibility index (Phi) is 4.42. The first-order valence-electron chi connectivity index (χ1n) is 8.62. The van der Waals surface area contributed by atoms with E-state index in [1.807, 2.05) is 42.5 Å². The molecule has 0 radical (unpaired) electrons. The number of carbonyl (C=O) groups is 1. The van der Waals surface area contributed by atoms with Crippen molar-refractivity contribution < 1.29 is 24.1 Å². The maximum Gasteiger partial charge on any atom is 0.308 e. The van der Waals surface area contributed by atoms with Crippen molar-refractivity contribution in [3.05, 3.63) is 53.6 Å². The van der Waals surface area contributed by atoms with Gasteiger partial charge in [-0.25, -0.2) is 0 Å². The molecule has 2 atom stereocenters. The van der Waals surface area contributed by atoms with Crippen LogP contribution in [0.4, 0.5) is 0 Å². The molecule has 0 saturated carbocycles. The summed E-state index contributed by atoms with van der Waals surface area (Å²) < 4.78 is 16.3. The molecule has 0 unspecified atom stereocenters. The third-order valence-electron chi connectivity index (χ3n) is 5.11. The number of hydrogen-bond acceptors (Lipinski definition) is 5. The standard InChI is InChI=1S/C20H21NO5/c1-24-17-8-19-18(25-12-26-19)7-14(17)9-21-10-15(16(11-21)20(22)23)13-5-3-2-4-6-13/h2-8,15-16H,9-12H2,1H3,(H,22,23)/t15-,16+/m1/s1. The van der Waals surface area contributed by atoms with E-state index in [2.05, 4.69) is 4.90 Å². The molecule has 26 heavy (non-hydrogen) atoms. The fraction of sp³-hybridized carbons (Fsp3) is 0.350. The summed E-state index contributed by atoms with van der Waals surface area (Å²) in [7, 11) is 1.62. The number of carboxylic acid groups (broad SMARTS) is 1. The number of ether oxygens (including phenoxy) is 3. The van der Waals surface area contributed by atoms with Gasteiger partial charge in [0.05, 0.1) is 13.0 Å². The van der Waals surface area contributed by atoms with Crippen molar-refractivity contribution in [2.24, 2.45) is 5.92 Å². The molecule has 2 aliphatic rings. The molecule has 0 spiro atoms. The number of rotatable bonds is 5. The summed E-state index contributed by atoms with van der Waals surface area (Å²) in [6, 6.07) is 13.6. The van der Waals surface area contributed by atoms with Gasteiger partial charge in [0.25, 0.3) is 0 Å². The summed E-state index contributed by atoms with van der Waals surface area (Å²) in [5.74, 6) is 0.918. The highest BCUT2D eigenvalue weighted by molar-refractivity contribution is 5.72. The van der Waals surface area contributed by atoms with Crippen LogP contribution in [0, 0.1) is 5.92 Å². The van der Waals surface area contributed by atoms with Crippen LogP contribution in [0.2, 0.25) is 0 Å². The monoisotopic (exact) mass is 355 g/mol. The molecule has 2 aliphatic heterocycles. The van der Waals surface area contributed by atoms with E-state index in [4.69, 9.17) is 14.2 Å². The molecule has 0 aromatic heterocycles. The van der Waals surface area contributed by atoms with Crippen LogP contribution in [0.1, 0.15) is 17.0 Å². The molecule has 0 bridgehead atoms. The van der Waals surface area contributed by atoms with Crippen molar-refractivity contribution in [2.75, 3.05) is 27.0 Å². The zero-order valence-corrected chi connectivity index (χ0v) is 14.6. The Balaban J connectivity index is 1.57. The summed E-state index contributed by atoms with van der Waals surface area (Å²) in [5.41, 5.74) is 2.04. The largest absolute Gasteiger partial charge is 0.496 e. The Labute approximate surface area is 151 Å². The third kappa shape index (κ3) is 3.08. The van der Waals surface area contributed by atoms with E-state index >= 15 is 0 Å². The molecular formula is C20H21NO5. The van der Waals surface area contributed by atoms with Crippen LogP contribution >= 0.6 is 0 Å². The van der Waals surface area contributed by atoms with Crippen molar-refractivity contribution >= 4 is 5.97 Å². The maximum absolute atomic E-state index is 11.8. The van der Waals surface area contributed by atoms with Gasteiger partial charge < -0.3 is 19.3 Å². The lowest BCUT2D eigenvalue weighted by molar-refractivity contribution is -0.141. The summed E-state index contributed by atoms with van der Waals surface area (Å²) in [6.45, 7) is 2.01. The third-order valence-corrected chi connectivity index (χ3v) is 5.11. The molecule has 6 nitrogen and oxygen atoms in total. The molecule has 2 aromatic carbocycles. The van der Waals surface area contributed by atoms with Crippen LogP contribution in [0.25, 0.3) is 0 Å². The first kappa shape index (κ1) is 16.7. The lowest BCUT2D eigenvalue weighted by Gasteiger charge is -2.18. The molecule has 0 amide bonds. The molecule has 2 aromatic rings. The Hall–Kier alpha value is -2.73. The van der Waals surface area contributed by atoms with Gasteiger partial charge in [-0.15, -0.1) is 0 Å². The SMILES string of the molecule is COc1cc2c(cc1CN1C[C@H](C(=O)O)[C@@H](c3ccccc3)C1)OCO2. The van der Waals surface area contributed by atoms with Crippen LogP contribution in [-0.2, 0) is 11.3 Å². The minimum Gasteiger partial charge on any atom is -0.496 e. The molecule has 1 N–H and O–H groups in total. The van der Waals surface area contributed by atoms with Crippen molar-refractivity contribution in [1.29, 1.82) is 0 Å². The van der Waals surface area contributed by atoms with Crippen molar-refractivity contribution in [1.82, 2.24) is 4.90 Å². The molecule has 4 rings (SSSR count). The van der Waals surface area contributed by atoms with Crippen molar-refractivity contribution in [2.45, 2.75) is 12.5 Å². The van der Waals surface area contributed by atoms with E-state index in [0.29, 0.717) is 31.1 Å². The Morgan fingerprint density at radius 1 is 1.19 bits per heavy atom. The van der Waals surface area contributed by atoms with E-state index in [1.165, 1.54) is 0 Å². The zero-order valence-electron chi connectivity index (χ0n) is 14.6. The van der Waals surface area contributed by atoms with Crippen LogP contribution in [0.5, 0.6) is 17.2 Å². The quantitative estimate of drug-likeness (QED) is 0.889. The predicted octanol–water partition coefficient (Wildman–Crippen LogP) is 2.72. The van der Waals surface area contributed by atoms with Gasteiger partial charge in [0.15, 0.2) is 11.5 Å². The molecule has 6 heteroatoms. The lowest BCUT2D eigenvalue weighted by Crippen LogP contribution is -2.23. The number of methoxy groups -OCH3 is 1. The molecule has 2 heterocycles. The molecular weight excluding hydrogens is 334 g/mol. The molecule has 1 saturated heterocycles. The average Bonchev–Trinajstić information content (AvgIpc) is 3.28. The van der Waals surface area contributed by atoms with Gasteiger partial charge in [0.2, 0.25) is 6.79 Å². The van der Waals surface area contributed by atoms with Crippen molar-refractivity contribution in [3.63, 3.8) is 0 Å². The number of fused-ring (bicyclic) bond motifs is 1. The normalized spacial score (nSPS) is 21.7. The van der Waals surface area contributed by atoms with E-state index in [1.54, 1.807) is 7.11 Å². The number of carboxylic acids is 1. The fourth-order valence-electron chi connectivity index (χ4n) is 3.82. The minimum atomic E-state index is -0.751. The van der Waals surface area contributed by atoms with E-state index in [0.717, 1.165) is 16.9 Å². The Morgan fingerprint density at radius 2 is 1.92 bits per heavy atom. The predicted molar refractivity (Wildman–Crippen MR) is 94.7 cm³/mol. The van der Waals surface area contributed by atoms with Gasteiger partial charge >= 0.3 is 5.97 Å². The average molecular weight is 355 g/mol. The highest BCUT2D eigenvalue weighted by Gasteiger charge is 2.38. The Morgan fingerprint density at radius 3 is 2.62 bits per heavy atom. The topological polar surface area (TPSA) is 68.2 Å². The number of nitrogens with zero attached hydrogens (tertiary/aromatic N) is 1. The van der Waals surface area contributed by atoms with E-state index in [-0.39, 0.29) is 12.7 Å². The van der Waals surface area contributed by atoms with Crippen LogP contribution in [0.3, 0.4) is 0 Å². The first-order valence-corrected chi connectivity index (χ1v) is 8.62. The second kappa shape index (κ2) is 6.88. The zero-order chi connectivity index (χ0) is 18.1. The van der Waals surface area contributed by atoms with Gasteiger partial charge in [-0.05, 0) is 11.6 Å². The summed E-state index contributed by atoms with van der Waals surface area (Å²) in [4.78, 5) is 13.9. The number of aliphatic carboxylic acids is 1. The molecule has 136 valence electrons. The number of hydrogen-bond donors (Lipinski definition) is 1. The second-order valence-electron chi connectivity index (χ2n) is 6.67. The molecule has 1 fully saturated rings. The highest BCUT2D eigenvalue weighted by Crippen LogP contribution is 2.40. The van der Waals surface area contributed by atoms with E-state index < -0.39 is 11.9 Å². The number of likely N-dealkylation sites (tertiary alicyclic amines) is 1. The van der Waals surface area contributed by atoms with Crippen LogP contribution in [0.15, 0.2) is 42.5 Å². The maximum atomic E-state index is 11.8.